The van der Waals surface area contributed by atoms with E-state index in [1.165, 1.54) is 6.07 Å². The SMILES string of the molecule is O=C(CO/N=C1\C=C\CC/C=C/CCOC(=O)c2c(O)cc(O)cc2C1)NCc1ccccc1. The van der Waals surface area contributed by atoms with Crippen molar-refractivity contribution in [2.45, 2.75) is 32.2 Å². The van der Waals surface area contributed by atoms with Crippen molar-refractivity contribution < 1.29 is 29.4 Å². The number of phenols is 2. The molecule has 1 amide bonds. The van der Waals surface area contributed by atoms with E-state index in [9.17, 15) is 19.8 Å². The maximum atomic E-state index is 12.6. The Bertz CT molecular complexity index is 1080. The minimum absolute atomic E-state index is 0.0412. The number of ether oxygens (including phenoxy) is 1. The smallest absolute Gasteiger partial charge is 0.342 e. The Labute approximate surface area is 198 Å². The number of cyclic esters (lactones) is 1. The number of carbonyl (C=O) groups is 2. The van der Waals surface area contributed by atoms with Crippen LogP contribution in [0.1, 0.15) is 40.7 Å². The van der Waals surface area contributed by atoms with Gasteiger partial charge in [-0.25, -0.2) is 4.79 Å². The molecule has 178 valence electrons. The summed E-state index contributed by atoms with van der Waals surface area (Å²) in [5, 5.41) is 27.1. The molecule has 2 aromatic rings. The van der Waals surface area contributed by atoms with E-state index in [1.54, 1.807) is 6.08 Å². The largest absolute Gasteiger partial charge is 0.508 e. The van der Waals surface area contributed by atoms with E-state index in [0.717, 1.165) is 24.5 Å². The summed E-state index contributed by atoms with van der Waals surface area (Å²) in [6.07, 6.45) is 9.77. The molecule has 0 saturated heterocycles. The summed E-state index contributed by atoms with van der Waals surface area (Å²) in [5.41, 5.74) is 1.67. The van der Waals surface area contributed by atoms with Crippen LogP contribution in [0, 0.1) is 0 Å². The summed E-state index contributed by atoms with van der Waals surface area (Å²) in [4.78, 5) is 29.9. The van der Waals surface area contributed by atoms with Gasteiger partial charge in [0, 0.05) is 19.0 Å². The molecule has 1 heterocycles. The van der Waals surface area contributed by atoms with Crippen molar-refractivity contribution in [3.8, 4) is 11.5 Å². The van der Waals surface area contributed by atoms with E-state index < -0.39 is 5.97 Å². The van der Waals surface area contributed by atoms with Gasteiger partial charge in [0.25, 0.3) is 5.91 Å². The zero-order valence-corrected chi connectivity index (χ0v) is 18.8. The third-order valence-corrected chi connectivity index (χ3v) is 4.96. The second-order valence-corrected chi connectivity index (χ2v) is 7.67. The summed E-state index contributed by atoms with van der Waals surface area (Å²) in [5.74, 6) is -1.60. The number of hydrogen-bond donors (Lipinski definition) is 3. The van der Waals surface area contributed by atoms with Gasteiger partial charge < -0.3 is 25.1 Å². The maximum Gasteiger partial charge on any atom is 0.342 e. The normalized spacial score (nSPS) is 17.6. The van der Waals surface area contributed by atoms with Crippen LogP contribution >= 0.6 is 0 Å². The molecule has 34 heavy (non-hydrogen) atoms. The number of phenolic OH excluding ortho intramolecular Hbond substituents is 2. The minimum atomic E-state index is -0.692. The third-order valence-electron chi connectivity index (χ3n) is 4.96. The molecule has 0 aliphatic carbocycles. The van der Waals surface area contributed by atoms with E-state index in [-0.39, 0.29) is 42.6 Å². The Morgan fingerprint density at radius 3 is 2.65 bits per heavy atom. The number of oxime groups is 1. The van der Waals surface area contributed by atoms with Crippen LogP contribution in [0.2, 0.25) is 0 Å². The lowest BCUT2D eigenvalue weighted by Gasteiger charge is -2.12. The second kappa shape index (κ2) is 12.8. The summed E-state index contributed by atoms with van der Waals surface area (Å²) < 4.78 is 5.27. The molecule has 1 aliphatic heterocycles. The second-order valence-electron chi connectivity index (χ2n) is 7.67. The first-order valence-corrected chi connectivity index (χ1v) is 11.1. The topological polar surface area (TPSA) is 117 Å². The zero-order valence-electron chi connectivity index (χ0n) is 18.8. The molecule has 0 atom stereocenters. The van der Waals surface area contributed by atoms with E-state index in [1.807, 2.05) is 48.6 Å². The fraction of sp³-hybridized carbons (Fsp3) is 0.269. The highest BCUT2D eigenvalue weighted by Gasteiger charge is 2.20. The molecule has 3 rings (SSSR count). The Balaban J connectivity index is 1.73. The van der Waals surface area contributed by atoms with Gasteiger partial charge in [-0.3, -0.25) is 4.79 Å². The van der Waals surface area contributed by atoms with E-state index in [2.05, 4.69) is 10.5 Å². The Morgan fingerprint density at radius 1 is 1.06 bits per heavy atom. The van der Waals surface area contributed by atoms with Gasteiger partial charge in [0.1, 0.15) is 17.1 Å². The van der Waals surface area contributed by atoms with Gasteiger partial charge in [0.15, 0.2) is 6.61 Å². The number of fused-ring (bicyclic) bond motifs is 1. The lowest BCUT2D eigenvalue weighted by Crippen LogP contribution is -2.26. The van der Waals surface area contributed by atoms with Crippen LogP contribution in [0.3, 0.4) is 0 Å². The van der Waals surface area contributed by atoms with Gasteiger partial charge >= 0.3 is 5.97 Å². The van der Waals surface area contributed by atoms with Crippen molar-refractivity contribution in [2.75, 3.05) is 13.2 Å². The number of nitrogens with zero attached hydrogens (tertiary/aromatic N) is 1. The summed E-state index contributed by atoms with van der Waals surface area (Å²) in [6.45, 7) is 0.265. The number of benzene rings is 2. The van der Waals surface area contributed by atoms with Crippen LogP contribution in [-0.4, -0.2) is 41.0 Å². The number of allylic oxidation sites excluding steroid dienone is 3. The molecule has 1 aliphatic rings. The van der Waals surface area contributed by atoms with Crippen LogP contribution in [0.25, 0.3) is 0 Å². The molecule has 0 saturated carbocycles. The molecule has 0 spiro atoms. The number of rotatable bonds is 5. The van der Waals surface area contributed by atoms with Gasteiger partial charge in [-0.2, -0.15) is 0 Å². The first-order valence-electron chi connectivity index (χ1n) is 11.1. The average Bonchev–Trinajstić information content (AvgIpc) is 2.81. The number of nitrogens with one attached hydrogen (secondary N) is 1. The fourth-order valence-corrected chi connectivity index (χ4v) is 3.32. The van der Waals surface area contributed by atoms with Gasteiger partial charge in [0.05, 0.1) is 12.3 Å². The molecule has 8 heteroatoms. The van der Waals surface area contributed by atoms with Crippen molar-refractivity contribution >= 4 is 17.6 Å². The third kappa shape index (κ3) is 7.81. The van der Waals surface area contributed by atoms with Gasteiger partial charge in [-0.05, 0) is 42.5 Å². The Kier molecular flexibility index (Phi) is 9.28. The number of esters is 1. The van der Waals surface area contributed by atoms with E-state index in [4.69, 9.17) is 9.57 Å². The fourth-order valence-electron chi connectivity index (χ4n) is 3.32. The molecule has 0 bridgehead atoms. The van der Waals surface area contributed by atoms with Crippen molar-refractivity contribution in [1.82, 2.24) is 5.32 Å². The molecule has 2 aromatic carbocycles. The van der Waals surface area contributed by atoms with E-state index in [0.29, 0.717) is 24.2 Å². The van der Waals surface area contributed by atoms with Gasteiger partial charge in [-0.1, -0.05) is 53.7 Å². The molecule has 8 nitrogen and oxygen atoms in total. The summed E-state index contributed by atoms with van der Waals surface area (Å²) >= 11 is 0. The summed E-state index contributed by atoms with van der Waals surface area (Å²) in [7, 11) is 0. The van der Waals surface area contributed by atoms with Crippen molar-refractivity contribution in [1.29, 1.82) is 0 Å². The Hall–Kier alpha value is -4.07. The van der Waals surface area contributed by atoms with Gasteiger partial charge in [0.2, 0.25) is 0 Å². The number of hydrogen-bond acceptors (Lipinski definition) is 7. The van der Waals surface area contributed by atoms with Crippen LogP contribution < -0.4 is 5.32 Å². The van der Waals surface area contributed by atoms with Crippen molar-refractivity contribution in [3.63, 3.8) is 0 Å². The molecule has 0 fully saturated rings. The van der Waals surface area contributed by atoms with E-state index >= 15 is 0 Å². The lowest BCUT2D eigenvalue weighted by molar-refractivity contribution is -0.125. The Morgan fingerprint density at radius 2 is 1.82 bits per heavy atom. The van der Waals surface area contributed by atoms with Crippen molar-refractivity contribution in [2.24, 2.45) is 5.16 Å². The quantitative estimate of drug-likeness (QED) is 0.352. The van der Waals surface area contributed by atoms with Crippen molar-refractivity contribution in [3.05, 3.63) is 83.5 Å². The molecule has 0 radical (unpaired) electrons. The first kappa shape index (κ1) is 24.6. The predicted molar refractivity (Wildman–Crippen MR) is 128 cm³/mol. The summed E-state index contributed by atoms with van der Waals surface area (Å²) in [6, 6.07) is 12.0. The molecule has 0 unspecified atom stereocenters. The highest BCUT2D eigenvalue weighted by Crippen LogP contribution is 2.29. The van der Waals surface area contributed by atoms with Crippen LogP contribution in [0.15, 0.2) is 71.9 Å². The maximum absolute atomic E-state index is 12.6. The molecular weight excluding hydrogens is 436 g/mol. The highest BCUT2D eigenvalue weighted by atomic mass is 16.6. The average molecular weight is 465 g/mol. The van der Waals surface area contributed by atoms with Crippen LogP contribution in [-0.2, 0) is 27.3 Å². The van der Waals surface area contributed by atoms with Gasteiger partial charge in [-0.15, -0.1) is 0 Å². The molecular formula is C26H28N2O6. The monoisotopic (exact) mass is 464 g/mol. The molecule has 3 N–H and O–H groups in total. The standard InChI is InChI=1S/C26H28N2O6/c29-22-15-20-14-21(28-34-18-24(31)27-17-19-10-6-5-7-11-19)12-8-3-1-2-4-9-13-33-26(32)25(20)23(30)16-22/h2,4-8,10-12,15-16,29-30H,1,3,9,13-14,17-18H2,(H,27,31)/b4-2+,12-8+,28-21+. The number of carbonyl (C=O) groups excluding carboxylic acids is 2. The number of aromatic hydroxyl groups is 2. The van der Waals surface area contributed by atoms with Crippen LogP contribution in [0.5, 0.6) is 11.5 Å². The lowest BCUT2D eigenvalue weighted by atomic mass is 10.00. The molecule has 0 aromatic heterocycles. The highest BCUT2D eigenvalue weighted by molar-refractivity contribution is 6.00. The minimum Gasteiger partial charge on any atom is -0.508 e. The zero-order chi connectivity index (χ0) is 24.2. The first-order chi connectivity index (χ1) is 16.5. The number of amides is 1. The predicted octanol–water partition coefficient (Wildman–Crippen LogP) is 3.78. The van der Waals surface area contributed by atoms with Crippen LogP contribution in [0.4, 0.5) is 0 Å².